The molecule has 0 bridgehead atoms. The number of hydrogen-bond donors (Lipinski definition) is 1. The lowest BCUT2D eigenvalue weighted by Crippen LogP contribution is -2.08. The molecule has 0 aliphatic rings. The zero-order valence-corrected chi connectivity index (χ0v) is 15.8. The van der Waals surface area contributed by atoms with E-state index in [1.165, 1.54) is 0 Å². The Kier molecular flexibility index (Phi) is 4.85. The van der Waals surface area contributed by atoms with Crippen LogP contribution in [0.5, 0.6) is 5.75 Å². The molecule has 4 heteroatoms. The van der Waals surface area contributed by atoms with E-state index in [-0.39, 0.29) is 5.91 Å². The summed E-state index contributed by atoms with van der Waals surface area (Å²) in [6, 6.07) is 11.6. The van der Waals surface area contributed by atoms with Crippen LogP contribution in [-0.4, -0.2) is 13.0 Å². The topological polar surface area (TPSA) is 51.5 Å². The molecule has 134 valence electrons. The van der Waals surface area contributed by atoms with Gasteiger partial charge in [0.1, 0.15) is 17.1 Å². The molecule has 1 aromatic heterocycles. The SMILES string of the molecule is COc1cc2oc(C)c(C)c2cc1/C(C)=C/C(=O)Nc1ccc(C)cc1. The Morgan fingerprint density at radius 3 is 2.46 bits per heavy atom. The van der Waals surface area contributed by atoms with Crippen LogP contribution in [0.1, 0.15) is 29.4 Å². The van der Waals surface area contributed by atoms with E-state index in [9.17, 15) is 4.79 Å². The fraction of sp³-hybridized carbons (Fsp3) is 0.227. The summed E-state index contributed by atoms with van der Waals surface area (Å²) >= 11 is 0. The van der Waals surface area contributed by atoms with Gasteiger partial charge in [0, 0.05) is 28.8 Å². The van der Waals surface area contributed by atoms with Crippen molar-refractivity contribution in [2.45, 2.75) is 27.7 Å². The molecule has 0 aliphatic carbocycles. The van der Waals surface area contributed by atoms with Gasteiger partial charge in [-0.3, -0.25) is 4.79 Å². The molecule has 4 nitrogen and oxygen atoms in total. The maximum atomic E-state index is 12.4. The maximum Gasteiger partial charge on any atom is 0.248 e. The maximum absolute atomic E-state index is 12.4. The predicted molar refractivity (Wildman–Crippen MR) is 106 cm³/mol. The van der Waals surface area contributed by atoms with Gasteiger partial charge in [-0.25, -0.2) is 0 Å². The molecular formula is C22H23NO3. The fourth-order valence-electron chi connectivity index (χ4n) is 2.94. The average Bonchev–Trinajstić information content (AvgIpc) is 2.89. The van der Waals surface area contributed by atoms with Crippen LogP contribution >= 0.6 is 0 Å². The number of rotatable bonds is 4. The number of ether oxygens (including phenoxy) is 1. The van der Waals surface area contributed by atoms with Crippen molar-refractivity contribution < 1.29 is 13.9 Å². The third kappa shape index (κ3) is 3.49. The van der Waals surface area contributed by atoms with E-state index in [1.54, 1.807) is 13.2 Å². The molecule has 1 N–H and O–H groups in total. The molecule has 0 spiro atoms. The molecule has 2 aromatic carbocycles. The summed E-state index contributed by atoms with van der Waals surface area (Å²) in [7, 11) is 1.62. The Morgan fingerprint density at radius 1 is 1.12 bits per heavy atom. The number of anilines is 1. The second kappa shape index (κ2) is 7.08. The van der Waals surface area contributed by atoms with E-state index in [4.69, 9.17) is 9.15 Å². The molecular weight excluding hydrogens is 326 g/mol. The van der Waals surface area contributed by atoms with E-state index >= 15 is 0 Å². The number of benzene rings is 2. The zero-order chi connectivity index (χ0) is 18.8. The fourth-order valence-corrected chi connectivity index (χ4v) is 2.94. The number of nitrogens with one attached hydrogen (secondary N) is 1. The van der Waals surface area contributed by atoms with Crippen molar-refractivity contribution in [2.24, 2.45) is 0 Å². The molecule has 3 rings (SSSR count). The van der Waals surface area contributed by atoms with Gasteiger partial charge in [-0.05, 0) is 57.0 Å². The zero-order valence-electron chi connectivity index (χ0n) is 15.8. The summed E-state index contributed by atoms with van der Waals surface area (Å²) in [5.41, 5.74) is 5.51. The van der Waals surface area contributed by atoms with E-state index in [0.717, 1.165) is 44.7 Å². The average molecular weight is 349 g/mol. The van der Waals surface area contributed by atoms with Gasteiger partial charge in [0.15, 0.2) is 0 Å². The van der Waals surface area contributed by atoms with Crippen LogP contribution in [0.3, 0.4) is 0 Å². The third-order valence-electron chi connectivity index (χ3n) is 4.59. The molecule has 0 fully saturated rings. The number of amides is 1. The molecule has 0 saturated heterocycles. The predicted octanol–water partition coefficient (Wildman–Crippen LogP) is 5.41. The van der Waals surface area contributed by atoms with Crippen LogP contribution in [0.2, 0.25) is 0 Å². The molecule has 0 saturated carbocycles. The van der Waals surface area contributed by atoms with E-state index in [1.807, 2.05) is 64.1 Å². The van der Waals surface area contributed by atoms with Crippen molar-refractivity contribution in [3.63, 3.8) is 0 Å². The van der Waals surface area contributed by atoms with Gasteiger partial charge in [0.05, 0.1) is 7.11 Å². The van der Waals surface area contributed by atoms with Crippen LogP contribution in [0, 0.1) is 20.8 Å². The van der Waals surface area contributed by atoms with Crippen LogP contribution < -0.4 is 10.1 Å². The number of carbonyl (C=O) groups is 1. The summed E-state index contributed by atoms with van der Waals surface area (Å²) in [6.45, 7) is 7.89. The standard InChI is InChI=1S/C22H23NO3/c1-13-6-8-17(9-7-13)23-22(24)10-14(2)18-11-19-15(3)16(4)26-21(19)12-20(18)25-5/h6-12H,1-5H3,(H,23,24)/b14-10+. The van der Waals surface area contributed by atoms with Crippen LogP contribution in [-0.2, 0) is 4.79 Å². The molecule has 0 atom stereocenters. The number of allylic oxidation sites excluding steroid dienone is 1. The van der Waals surface area contributed by atoms with Crippen molar-refractivity contribution in [3.8, 4) is 5.75 Å². The van der Waals surface area contributed by atoms with Gasteiger partial charge in [0.2, 0.25) is 5.91 Å². The summed E-state index contributed by atoms with van der Waals surface area (Å²) in [5, 5.41) is 3.92. The van der Waals surface area contributed by atoms with Gasteiger partial charge in [-0.15, -0.1) is 0 Å². The summed E-state index contributed by atoms with van der Waals surface area (Å²) in [5.74, 6) is 1.40. The molecule has 3 aromatic rings. The Labute approximate surface area is 153 Å². The lowest BCUT2D eigenvalue weighted by Gasteiger charge is -2.10. The van der Waals surface area contributed by atoms with Crippen LogP contribution in [0.25, 0.3) is 16.5 Å². The smallest absolute Gasteiger partial charge is 0.248 e. The van der Waals surface area contributed by atoms with Crippen LogP contribution in [0.15, 0.2) is 46.9 Å². The van der Waals surface area contributed by atoms with E-state index in [2.05, 4.69) is 5.32 Å². The highest BCUT2D eigenvalue weighted by Gasteiger charge is 2.14. The lowest BCUT2D eigenvalue weighted by molar-refractivity contribution is -0.111. The molecule has 0 radical (unpaired) electrons. The monoisotopic (exact) mass is 349 g/mol. The summed E-state index contributed by atoms with van der Waals surface area (Å²) in [6.07, 6.45) is 1.59. The second-order valence-electron chi connectivity index (χ2n) is 6.51. The van der Waals surface area contributed by atoms with Crippen LogP contribution in [0.4, 0.5) is 5.69 Å². The molecule has 26 heavy (non-hydrogen) atoms. The lowest BCUT2D eigenvalue weighted by atomic mass is 10.0. The highest BCUT2D eigenvalue weighted by atomic mass is 16.5. The number of fused-ring (bicyclic) bond motifs is 1. The molecule has 0 unspecified atom stereocenters. The van der Waals surface area contributed by atoms with Gasteiger partial charge in [-0.2, -0.15) is 0 Å². The number of aryl methyl sites for hydroxylation is 3. The van der Waals surface area contributed by atoms with Gasteiger partial charge in [0.25, 0.3) is 0 Å². The second-order valence-corrected chi connectivity index (χ2v) is 6.51. The van der Waals surface area contributed by atoms with Crippen molar-refractivity contribution >= 4 is 28.1 Å². The van der Waals surface area contributed by atoms with Gasteiger partial charge in [-0.1, -0.05) is 17.7 Å². The molecule has 1 amide bonds. The van der Waals surface area contributed by atoms with Crippen molar-refractivity contribution in [1.29, 1.82) is 0 Å². The largest absolute Gasteiger partial charge is 0.496 e. The minimum Gasteiger partial charge on any atom is -0.496 e. The van der Waals surface area contributed by atoms with E-state index in [0.29, 0.717) is 5.75 Å². The van der Waals surface area contributed by atoms with Crippen molar-refractivity contribution in [2.75, 3.05) is 12.4 Å². The highest BCUT2D eigenvalue weighted by molar-refractivity contribution is 6.04. The first-order chi connectivity index (χ1) is 12.4. The third-order valence-corrected chi connectivity index (χ3v) is 4.59. The number of furan rings is 1. The number of methoxy groups -OCH3 is 1. The van der Waals surface area contributed by atoms with Crippen molar-refractivity contribution in [1.82, 2.24) is 0 Å². The van der Waals surface area contributed by atoms with Crippen molar-refractivity contribution in [3.05, 3.63) is 64.9 Å². The molecule has 0 aliphatic heterocycles. The highest BCUT2D eigenvalue weighted by Crippen LogP contribution is 2.34. The van der Waals surface area contributed by atoms with E-state index < -0.39 is 0 Å². The Bertz CT molecular complexity index is 994. The summed E-state index contributed by atoms with van der Waals surface area (Å²) in [4.78, 5) is 12.4. The number of carbonyl (C=O) groups excluding carboxylic acids is 1. The van der Waals surface area contributed by atoms with Gasteiger partial charge < -0.3 is 14.5 Å². The minimum absolute atomic E-state index is 0.173. The quantitative estimate of drug-likeness (QED) is 0.641. The molecule has 1 heterocycles. The first kappa shape index (κ1) is 17.8. The Hall–Kier alpha value is -3.01. The summed E-state index contributed by atoms with van der Waals surface area (Å²) < 4.78 is 11.3. The minimum atomic E-state index is -0.173. The first-order valence-corrected chi connectivity index (χ1v) is 8.53. The number of hydrogen-bond acceptors (Lipinski definition) is 3. The normalized spacial score (nSPS) is 11.7. The Balaban J connectivity index is 1.93. The Morgan fingerprint density at radius 2 is 1.81 bits per heavy atom. The first-order valence-electron chi connectivity index (χ1n) is 8.53. The van der Waals surface area contributed by atoms with Gasteiger partial charge >= 0.3 is 0 Å².